The summed E-state index contributed by atoms with van der Waals surface area (Å²) in [5.74, 6) is 0. The van der Waals surface area contributed by atoms with Crippen molar-refractivity contribution in [3.8, 4) is 0 Å². The molecule has 0 fully saturated rings. The van der Waals surface area contributed by atoms with E-state index in [2.05, 4.69) is 23.3 Å². The van der Waals surface area contributed by atoms with Crippen LogP contribution in [0.2, 0.25) is 0 Å². The number of pyridine rings is 1. The van der Waals surface area contributed by atoms with Crippen LogP contribution in [0.3, 0.4) is 0 Å². The molecule has 1 aromatic heterocycles. The van der Waals surface area contributed by atoms with E-state index in [4.69, 9.17) is 0 Å². The van der Waals surface area contributed by atoms with Crippen molar-refractivity contribution in [3.63, 3.8) is 0 Å². The minimum atomic E-state index is -0.287. The van der Waals surface area contributed by atoms with E-state index in [1.807, 2.05) is 38.2 Å². The molecule has 1 heterocycles. The molecular weight excluding hydrogens is 214 g/mol. The number of nitrogens with one attached hydrogen (secondary N) is 1. The van der Waals surface area contributed by atoms with E-state index in [1.165, 1.54) is 0 Å². The van der Waals surface area contributed by atoms with Crippen molar-refractivity contribution in [3.05, 3.63) is 18.5 Å². The van der Waals surface area contributed by atoms with Crippen molar-refractivity contribution in [2.75, 3.05) is 30.4 Å². The van der Waals surface area contributed by atoms with Gasteiger partial charge in [0.2, 0.25) is 0 Å². The zero-order valence-corrected chi connectivity index (χ0v) is 11.2. The number of aliphatic hydroxyl groups excluding tert-OH is 1. The Kier molecular flexibility index (Phi) is 4.75. The lowest BCUT2D eigenvalue weighted by atomic mass is 10.0. The van der Waals surface area contributed by atoms with E-state index in [-0.39, 0.29) is 12.1 Å². The molecule has 0 spiro atoms. The molecule has 96 valence electrons. The van der Waals surface area contributed by atoms with Gasteiger partial charge >= 0.3 is 0 Å². The van der Waals surface area contributed by atoms with Gasteiger partial charge in [0.05, 0.1) is 35.9 Å². The van der Waals surface area contributed by atoms with E-state index >= 15 is 0 Å². The first kappa shape index (κ1) is 13.8. The predicted octanol–water partition coefficient (Wildman–Crippen LogP) is 2.11. The summed E-state index contributed by atoms with van der Waals surface area (Å²) in [4.78, 5) is 6.26. The molecule has 0 amide bonds. The van der Waals surface area contributed by atoms with Gasteiger partial charge in [-0.05, 0) is 26.3 Å². The van der Waals surface area contributed by atoms with Gasteiger partial charge in [0.1, 0.15) is 0 Å². The molecule has 0 atom stereocenters. The molecule has 0 aromatic carbocycles. The molecule has 0 saturated heterocycles. The van der Waals surface area contributed by atoms with Gasteiger partial charge in [-0.2, -0.15) is 0 Å². The van der Waals surface area contributed by atoms with Gasteiger partial charge < -0.3 is 15.3 Å². The van der Waals surface area contributed by atoms with E-state index in [0.717, 1.165) is 24.3 Å². The second-order valence-electron chi connectivity index (χ2n) is 4.89. The fraction of sp³-hybridized carbons (Fsp3) is 0.615. The molecule has 4 heteroatoms. The Morgan fingerprint density at radius 1 is 1.41 bits per heavy atom. The average molecular weight is 237 g/mol. The molecule has 1 rings (SSSR count). The van der Waals surface area contributed by atoms with Crippen molar-refractivity contribution < 1.29 is 5.11 Å². The Morgan fingerprint density at radius 2 is 2.12 bits per heavy atom. The highest BCUT2D eigenvalue weighted by Crippen LogP contribution is 2.23. The Morgan fingerprint density at radius 3 is 2.71 bits per heavy atom. The maximum Gasteiger partial charge on any atom is 0.0658 e. The Balaban J connectivity index is 2.84. The number of anilines is 2. The Bertz CT molecular complexity index is 352. The highest BCUT2D eigenvalue weighted by molar-refractivity contribution is 5.56. The van der Waals surface area contributed by atoms with E-state index < -0.39 is 0 Å². The molecule has 4 nitrogen and oxygen atoms in total. The zero-order chi connectivity index (χ0) is 12.9. The van der Waals surface area contributed by atoms with Gasteiger partial charge in [-0.25, -0.2) is 0 Å². The van der Waals surface area contributed by atoms with Crippen LogP contribution in [-0.4, -0.2) is 35.8 Å². The van der Waals surface area contributed by atoms with Gasteiger partial charge in [-0.3, -0.25) is 4.98 Å². The van der Waals surface area contributed by atoms with Crippen LogP contribution in [0.25, 0.3) is 0 Å². The van der Waals surface area contributed by atoms with Crippen LogP contribution in [0.5, 0.6) is 0 Å². The average Bonchev–Trinajstić information content (AvgIpc) is 2.35. The van der Waals surface area contributed by atoms with Crippen molar-refractivity contribution in [1.82, 2.24) is 4.98 Å². The van der Waals surface area contributed by atoms with Crippen LogP contribution >= 0.6 is 0 Å². The molecule has 0 bridgehead atoms. The normalized spacial score (nSPS) is 11.4. The summed E-state index contributed by atoms with van der Waals surface area (Å²) >= 11 is 0. The van der Waals surface area contributed by atoms with E-state index in [1.54, 1.807) is 0 Å². The fourth-order valence-electron chi connectivity index (χ4n) is 1.43. The van der Waals surface area contributed by atoms with Gasteiger partial charge in [-0.15, -0.1) is 0 Å². The summed E-state index contributed by atoms with van der Waals surface area (Å²) in [6.45, 7) is 7.18. The third-order valence-corrected chi connectivity index (χ3v) is 2.99. The number of hydrogen-bond acceptors (Lipinski definition) is 4. The lowest BCUT2D eigenvalue weighted by molar-refractivity contribution is 0.216. The molecule has 0 saturated carbocycles. The molecule has 1 aromatic rings. The SMILES string of the molecule is CCCNc1cncc(N(C)C(C)(C)CO)c1. The van der Waals surface area contributed by atoms with Gasteiger partial charge in [0.15, 0.2) is 0 Å². The van der Waals surface area contributed by atoms with Crippen LogP contribution in [-0.2, 0) is 0 Å². The van der Waals surface area contributed by atoms with Crippen LogP contribution in [0.1, 0.15) is 27.2 Å². The fourth-order valence-corrected chi connectivity index (χ4v) is 1.43. The first-order valence-electron chi connectivity index (χ1n) is 6.05. The summed E-state index contributed by atoms with van der Waals surface area (Å²) in [6.07, 6.45) is 4.72. The number of aliphatic hydroxyl groups is 1. The number of hydrogen-bond donors (Lipinski definition) is 2. The van der Waals surface area contributed by atoms with Gasteiger partial charge in [0, 0.05) is 13.6 Å². The van der Waals surface area contributed by atoms with Gasteiger partial charge in [-0.1, -0.05) is 6.92 Å². The Hall–Kier alpha value is -1.29. The monoisotopic (exact) mass is 237 g/mol. The maximum absolute atomic E-state index is 9.36. The Labute approximate surface area is 104 Å². The summed E-state index contributed by atoms with van der Waals surface area (Å²) in [5, 5.41) is 12.7. The van der Waals surface area contributed by atoms with Crippen molar-refractivity contribution in [1.29, 1.82) is 0 Å². The lowest BCUT2D eigenvalue weighted by Gasteiger charge is -2.35. The second-order valence-corrected chi connectivity index (χ2v) is 4.89. The zero-order valence-electron chi connectivity index (χ0n) is 11.2. The predicted molar refractivity (Wildman–Crippen MR) is 72.6 cm³/mol. The highest BCUT2D eigenvalue weighted by atomic mass is 16.3. The third kappa shape index (κ3) is 3.60. The molecule has 0 radical (unpaired) electrons. The summed E-state index contributed by atoms with van der Waals surface area (Å²) in [6, 6.07) is 2.06. The second kappa shape index (κ2) is 5.87. The van der Waals surface area contributed by atoms with Crippen molar-refractivity contribution in [2.24, 2.45) is 0 Å². The molecule has 17 heavy (non-hydrogen) atoms. The number of rotatable bonds is 6. The molecule has 0 aliphatic carbocycles. The molecule has 0 unspecified atom stereocenters. The summed E-state index contributed by atoms with van der Waals surface area (Å²) in [7, 11) is 1.97. The maximum atomic E-state index is 9.36. The summed E-state index contributed by atoms with van der Waals surface area (Å²) < 4.78 is 0. The molecule has 0 aliphatic heterocycles. The van der Waals surface area contributed by atoms with Gasteiger partial charge in [0.25, 0.3) is 0 Å². The minimum Gasteiger partial charge on any atom is -0.394 e. The van der Waals surface area contributed by atoms with Crippen molar-refractivity contribution >= 4 is 11.4 Å². The quantitative estimate of drug-likeness (QED) is 0.795. The standard InChI is InChI=1S/C13H23N3O/c1-5-6-15-11-7-12(9-14-8-11)16(4)13(2,3)10-17/h7-9,15,17H,5-6,10H2,1-4H3. The number of nitrogens with zero attached hydrogens (tertiary/aromatic N) is 2. The van der Waals surface area contributed by atoms with Crippen LogP contribution in [0.15, 0.2) is 18.5 Å². The largest absolute Gasteiger partial charge is 0.394 e. The third-order valence-electron chi connectivity index (χ3n) is 2.99. The summed E-state index contributed by atoms with van der Waals surface area (Å²) in [5.41, 5.74) is 1.74. The molecule has 0 aliphatic rings. The van der Waals surface area contributed by atoms with Crippen LogP contribution in [0, 0.1) is 0 Å². The number of aromatic nitrogens is 1. The number of likely N-dealkylation sites (N-methyl/N-ethyl adjacent to an activating group) is 1. The van der Waals surface area contributed by atoms with Crippen LogP contribution < -0.4 is 10.2 Å². The first-order chi connectivity index (χ1) is 8.01. The topological polar surface area (TPSA) is 48.4 Å². The smallest absolute Gasteiger partial charge is 0.0658 e. The minimum absolute atomic E-state index is 0.107. The highest BCUT2D eigenvalue weighted by Gasteiger charge is 2.22. The lowest BCUT2D eigenvalue weighted by Crippen LogP contribution is -2.44. The van der Waals surface area contributed by atoms with E-state index in [0.29, 0.717) is 0 Å². The first-order valence-corrected chi connectivity index (χ1v) is 6.05. The molecule has 2 N–H and O–H groups in total. The molecular formula is C13H23N3O. The van der Waals surface area contributed by atoms with E-state index in [9.17, 15) is 5.11 Å². The van der Waals surface area contributed by atoms with Crippen LogP contribution in [0.4, 0.5) is 11.4 Å². The van der Waals surface area contributed by atoms with Crippen molar-refractivity contribution in [2.45, 2.75) is 32.7 Å².